The van der Waals surface area contributed by atoms with Crippen molar-refractivity contribution in [2.45, 2.75) is 25.3 Å². The van der Waals surface area contributed by atoms with E-state index in [1.165, 1.54) is 17.5 Å². The second-order valence-corrected chi connectivity index (χ2v) is 5.75. The summed E-state index contributed by atoms with van der Waals surface area (Å²) in [6, 6.07) is 14.6. The maximum Gasteiger partial charge on any atom is 0.119 e. The van der Waals surface area contributed by atoms with Crippen LogP contribution < -0.4 is 14.8 Å². The summed E-state index contributed by atoms with van der Waals surface area (Å²) in [6.07, 6.45) is 3.41. The summed E-state index contributed by atoms with van der Waals surface area (Å²) >= 11 is 0. The molecule has 0 amide bonds. The SMILES string of the molecule is COc1ccc2c(c1)CCCC2Nc1ccc(OCCO)cc1. The van der Waals surface area contributed by atoms with Crippen LogP contribution in [0.25, 0.3) is 0 Å². The normalized spacial score (nSPS) is 16.5. The highest BCUT2D eigenvalue weighted by Crippen LogP contribution is 2.34. The summed E-state index contributed by atoms with van der Waals surface area (Å²) < 4.78 is 10.7. The zero-order chi connectivity index (χ0) is 16.1. The standard InChI is InChI=1S/C19H23NO3/c1-22-17-9-10-18-14(13-17)3-2-4-19(18)20-15-5-7-16(8-6-15)23-12-11-21/h5-10,13,19-21H,2-4,11-12H2,1H3. The smallest absolute Gasteiger partial charge is 0.119 e. The Hall–Kier alpha value is -2.20. The molecular formula is C19H23NO3. The molecule has 3 rings (SSSR count). The van der Waals surface area contributed by atoms with Gasteiger partial charge in [-0.15, -0.1) is 0 Å². The van der Waals surface area contributed by atoms with Crippen LogP contribution in [0, 0.1) is 0 Å². The Balaban J connectivity index is 1.71. The van der Waals surface area contributed by atoms with Gasteiger partial charge in [-0.2, -0.15) is 0 Å². The number of hydrogen-bond acceptors (Lipinski definition) is 4. The van der Waals surface area contributed by atoms with Gasteiger partial charge in [0, 0.05) is 5.69 Å². The van der Waals surface area contributed by atoms with E-state index in [1.54, 1.807) is 7.11 Å². The third kappa shape index (κ3) is 3.77. The minimum absolute atomic E-state index is 0.0301. The second kappa shape index (κ2) is 7.38. The molecule has 1 unspecified atom stereocenters. The van der Waals surface area contributed by atoms with Gasteiger partial charge >= 0.3 is 0 Å². The van der Waals surface area contributed by atoms with Crippen molar-refractivity contribution in [3.8, 4) is 11.5 Å². The topological polar surface area (TPSA) is 50.7 Å². The number of ether oxygens (including phenoxy) is 2. The van der Waals surface area contributed by atoms with Crippen molar-refractivity contribution in [3.63, 3.8) is 0 Å². The molecule has 0 spiro atoms. The van der Waals surface area contributed by atoms with Crippen LogP contribution in [0.15, 0.2) is 42.5 Å². The molecule has 2 aromatic rings. The molecular weight excluding hydrogens is 290 g/mol. The fourth-order valence-electron chi connectivity index (χ4n) is 3.08. The van der Waals surface area contributed by atoms with Gasteiger partial charge in [-0.05, 0) is 66.8 Å². The van der Waals surface area contributed by atoms with Crippen molar-refractivity contribution in [2.75, 3.05) is 25.6 Å². The molecule has 4 heteroatoms. The minimum Gasteiger partial charge on any atom is -0.497 e. The van der Waals surface area contributed by atoms with E-state index in [1.807, 2.05) is 30.3 Å². The van der Waals surface area contributed by atoms with Crippen LogP contribution in [0.5, 0.6) is 11.5 Å². The Morgan fingerprint density at radius 3 is 2.65 bits per heavy atom. The second-order valence-electron chi connectivity index (χ2n) is 5.75. The lowest BCUT2D eigenvalue weighted by atomic mass is 9.87. The number of anilines is 1. The van der Waals surface area contributed by atoms with E-state index in [-0.39, 0.29) is 6.61 Å². The molecule has 0 aliphatic heterocycles. The monoisotopic (exact) mass is 313 g/mol. The summed E-state index contributed by atoms with van der Waals surface area (Å²) in [4.78, 5) is 0. The van der Waals surface area contributed by atoms with E-state index in [4.69, 9.17) is 14.6 Å². The molecule has 0 aromatic heterocycles. The first-order valence-electron chi connectivity index (χ1n) is 8.07. The van der Waals surface area contributed by atoms with Crippen molar-refractivity contribution in [3.05, 3.63) is 53.6 Å². The molecule has 0 saturated carbocycles. The molecule has 2 aromatic carbocycles. The van der Waals surface area contributed by atoms with Crippen LogP contribution in [0.4, 0.5) is 5.69 Å². The number of hydrogen-bond donors (Lipinski definition) is 2. The Morgan fingerprint density at radius 2 is 1.91 bits per heavy atom. The number of benzene rings is 2. The van der Waals surface area contributed by atoms with Crippen LogP contribution >= 0.6 is 0 Å². The van der Waals surface area contributed by atoms with Gasteiger partial charge in [-0.1, -0.05) is 6.07 Å². The van der Waals surface area contributed by atoms with E-state index >= 15 is 0 Å². The average Bonchev–Trinajstić information content (AvgIpc) is 2.61. The molecule has 1 atom stereocenters. The average molecular weight is 313 g/mol. The maximum absolute atomic E-state index is 8.78. The fraction of sp³-hybridized carbons (Fsp3) is 0.368. The van der Waals surface area contributed by atoms with E-state index in [2.05, 4.69) is 17.4 Å². The Bertz CT molecular complexity index is 640. The molecule has 0 heterocycles. The van der Waals surface area contributed by atoms with Crippen molar-refractivity contribution in [1.82, 2.24) is 0 Å². The molecule has 23 heavy (non-hydrogen) atoms. The van der Waals surface area contributed by atoms with Crippen molar-refractivity contribution in [1.29, 1.82) is 0 Å². The van der Waals surface area contributed by atoms with Gasteiger partial charge in [0.25, 0.3) is 0 Å². The van der Waals surface area contributed by atoms with E-state index in [9.17, 15) is 0 Å². The number of fused-ring (bicyclic) bond motifs is 1. The molecule has 0 fully saturated rings. The van der Waals surface area contributed by atoms with Gasteiger partial charge in [0.1, 0.15) is 18.1 Å². The van der Waals surface area contributed by atoms with Crippen LogP contribution in [0.3, 0.4) is 0 Å². The first-order chi connectivity index (χ1) is 11.3. The van der Waals surface area contributed by atoms with Crippen LogP contribution in [0.1, 0.15) is 30.0 Å². The number of methoxy groups -OCH3 is 1. The van der Waals surface area contributed by atoms with E-state index in [0.717, 1.165) is 30.0 Å². The van der Waals surface area contributed by atoms with Gasteiger partial charge in [-0.25, -0.2) is 0 Å². The molecule has 0 bridgehead atoms. The summed E-state index contributed by atoms with van der Waals surface area (Å²) in [5.41, 5.74) is 3.81. The Labute approximate surface area is 137 Å². The summed E-state index contributed by atoms with van der Waals surface area (Å²) in [7, 11) is 1.71. The predicted molar refractivity (Wildman–Crippen MR) is 91.3 cm³/mol. The molecule has 0 saturated heterocycles. The number of aliphatic hydroxyl groups excluding tert-OH is 1. The number of aliphatic hydroxyl groups is 1. The van der Waals surface area contributed by atoms with Crippen molar-refractivity contribution < 1.29 is 14.6 Å². The fourth-order valence-corrected chi connectivity index (χ4v) is 3.08. The van der Waals surface area contributed by atoms with E-state index in [0.29, 0.717) is 12.6 Å². The number of nitrogens with one attached hydrogen (secondary N) is 1. The zero-order valence-corrected chi connectivity index (χ0v) is 13.4. The minimum atomic E-state index is 0.0301. The highest BCUT2D eigenvalue weighted by atomic mass is 16.5. The lowest BCUT2D eigenvalue weighted by Gasteiger charge is -2.27. The van der Waals surface area contributed by atoms with Crippen molar-refractivity contribution in [2.24, 2.45) is 0 Å². The van der Waals surface area contributed by atoms with Gasteiger partial charge in [0.05, 0.1) is 19.8 Å². The first-order valence-corrected chi connectivity index (χ1v) is 8.07. The number of aryl methyl sites for hydroxylation is 1. The van der Waals surface area contributed by atoms with Crippen LogP contribution in [-0.4, -0.2) is 25.4 Å². The third-order valence-corrected chi connectivity index (χ3v) is 4.22. The van der Waals surface area contributed by atoms with Crippen molar-refractivity contribution >= 4 is 5.69 Å². The summed E-state index contributed by atoms with van der Waals surface area (Å²) in [6.45, 7) is 0.354. The predicted octanol–water partition coefficient (Wildman–Crippen LogP) is 3.56. The largest absolute Gasteiger partial charge is 0.497 e. The zero-order valence-electron chi connectivity index (χ0n) is 13.4. The van der Waals surface area contributed by atoms with Gasteiger partial charge in [0.15, 0.2) is 0 Å². The molecule has 1 aliphatic carbocycles. The van der Waals surface area contributed by atoms with E-state index < -0.39 is 0 Å². The first kappa shape index (κ1) is 15.7. The van der Waals surface area contributed by atoms with Gasteiger partial charge in [-0.3, -0.25) is 0 Å². The van der Waals surface area contributed by atoms with Gasteiger partial charge < -0.3 is 19.9 Å². The molecule has 0 radical (unpaired) electrons. The summed E-state index contributed by atoms with van der Waals surface area (Å²) in [5, 5.41) is 12.4. The highest BCUT2D eigenvalue weighted by molar-refractivity contribution is 5.50. The number of rotatable bonds is 6. The molecule has 1 aliphatic rings. The summed E-state index contributed by atoms with van der Waals surface area (Å²) in [5.74, 6) is 1.70. The lowest BCUT2D eigenvalue weighted by molar-refractivity contribution is 0.201. The quantitative estimate of drug-likeness (QED) is 0.856. The third-order valence-electron chi connectivity index (χ3n) is 4.22. The Morgan fingerprint density at radius 1 is 1.13 bits per heavy atom. The van der Waals surface area contributed by atoms with Gasteiger partial charge in [0.2, 0.25) is 0 Å². The lowest BCUT2D eigenvalue weighted by Crippen LogP contribution is -2.17. The molecule has 4 nitrogen and oxygen atoms in total. The van der Waals surface area contributed by atoms with Crippen LogP contribution in [0.2, 0.25) is 0 Å². The molecule has 2 N–H and O–H groups in total. The maximum atomic E-state index is 8.78. The highest BCUT2D eigenvalue weighted by Gasteiger charge is 2.20. The van der Waals surface area contributed by atoms with Crippen LogP contribution in [-0.2, 0) is 6.42 Å². The molecule has 122 valence electrons. The Kier molecular flexibility index (Phi) is 5.03.